The van der Waals surface area contributed by atoms with E-state index in [2.05, 4.69) is 20.7 Å². The van der Waals surface area contributed by atoms with Crippen LogP contribution in [0.3, 0.4) is 0 Å². The van der Waals surface area contributed by atoms with Crippen molar-refractivity contribution in [2.45, 2.75) is 23.8 Å². The zero-order chi connectivity index (χ0) is 21.0. The molecule has 0 radical (unpaired) electrons. The number of amides is 1. The third kappa shape index (κ3) is 5.71. The molecular weight excluding hydrogens is 460 g/mol. The number of carbonyl (C=O) groups excluding carboxylic acids is 1. The molecular formula is C20H23BrN2O5S. The summed E-state index contributed by atoms with van der Waals surface area (Å²) in [6.07, 6.45) is 1.64. The average molecular weight is 483 g/mol. The fourth-order valence-corrected chi connectivity index (χ4v) is 4.42. The minimum Gasteiger partial charge on any atom is -0.495 e. The second kappa shape index (κ2) is 9.15. The van der Waals surface area contributed by atoms with Crippen LogP contribution in [0.1, 0.15) is 23.2 Å². The maximum Gasteiger partial charge on any atom is 0.253 e. The summed E-state index contributed by atoms with van der Waals surface area (Å²) < 4.78 is 39.6. The Kier molecular flexibility index (Phi) is 6.81. The van der Waals surface area contributed by atoms with Gasteiger partial charge in [0.2, 0.25) is 10.0 Å². The molecule has 0 spiro atoms. The molecule has 1 aliphatic carbocycles. The van der Waals surface area contributed by atoms with Gasteiger partial charge in [-0.3, -0.25) is 4.79 Å². The Labute approximate surface area is 179 Å². The van der Waals surface area contributed by atoms with Crippen molar-refractivity contribution in [1.29, 1.82) is 0 Å². The van der Waals surface area contributed by atoms with Crippen molar-refractivity contribution in [3.63, 3.8) is 0 Å². The zero-order valence-corrected chi connectivity index (χ0v) is 18.6. The van der Waals surface area contributed by atoms with Crippen LogP contribution in [-0.2, 0) is 10.0 Å². The third-order valence-corrected chi connectivity index (χ3v) is 6.53. The van der Waals surface area contributed by atoms with Crippen LogP contribution in [0.25, 0.3) is 0 Å². The molecule has 1 fully saturated rings. The van der Waals surface area contributed by atoms with Gasteiger partial charge in [-0.05, 0) is 55.3 Å². The topological polar surface area (TPSA) is 84.9 Å². The highest BCUT2D eigenvalue weighted by Gasteiger charge is 2.30. The number of halogens is 1. The van der Waals surface area contributed by atoms with E-state index in [1.165, 1.54) is 24.1 Å². The van der Waals surface area contributed by atoms with Gasteiger partial charge in [-0.2, -0.15) is 0 Å². The maximum absolute atomic E-state index is 12.8. The fraction of sp³-hybridized carbons (Fsp3) is 0.350. The zero-order valence-electron chi connectivity index (χ0n) is 16.2. The van der Waals surface area contributed by atoms with Crippen LogP contribution in [0.5, 0.6) is 11.5 Å². The molecule has 29 heavy (non-hydrogen) atoms. The second-order valence-electron chi connectivity index (χ2n) is 6.79. The Morgan fingerprint density at radius 1 is 1.21 bits per heavy atom. The first-order valence-electron chi connectivity index (χ1n) is 9.14. The SMILES string of the molecule is COc1ccc(C(=O)N(C)CCOc2ccc(Br)cc2)cc1S(=O)(=O)NC1CC1. The van der Waals surface area contributed by atoms with Crippen molar-refractivity contribution in [1.82, 2.24) is 9.62 Å². The predicted molar refractivity (Wildman–Crippen MR) is 113 cm³/mol. The molecule has 1 aliphatic rings. The van der Waals surface area contributed by atoms with Gasteiger partial charge in [0, 0.05) is 23.1 Å². The van der Waals surface area contributed by atoms with Crippen molar-refractivity contribution in [3.05, 3.63) is 52.5 Å². The molecule has 156 valence electrons. The molecule has 3 rings (SSSR count). The molecule has 0 atom stereocenters. The molecule has 2 aromatic carbocycles. The number of hydrogen-bond donors (Lipinski definition) is 1. The van der Waals surface area contributed by atoms with Gasteiger partial charge < -0.3 is 14.4 Å². The van der Waals surface area contributed by atoms with Gasteiger partial charge in [0.15, 0.2) is 0 Å². The molecule has 0 aromatic heterocycles. The van der Waals surface area contributed by atoms with Crippen LogP contribution >= 0.6 is 15.9 Å². The molecule has 1 amide bonds. The Balaban J connectivity index is 1.67. The summed E-state index contributed by atoms with van der Waals surface area (Å²) in [7, 11) is -0.704. The van der Waals surface area contributed by atoms with Gasteiger partial charge in [-0.1, -0.05) is 15.9 Å². The van der Waals surface area contributed by atoms with Gasteiger partial charge in [0.05, 0.1) is 13.7 Å². The van der Waals surface area contributed by atoms with Crippen LogP contribution in [0.15, 0.2) is 51.8 Å². The molecule has 0 bridgehead atoms. The van der Waals surface area contributed by atoms with E-state index in [0.717, 1.165) is 17.3 Å². The van der Waals surface area contributed by atoms with Gasteiger partial charge >= 0.3 is 0 Å². The van der Waals surface area contributed by atoms with E-state index < -0.39 is 10.0 Å². The summed E-state index contributed by atoms with van der Waals surface area (Å²) in [6.45, 7) is 0.664. The largest absolute Gasteiger partial charge is 0.495 e. The first-order chi connectivity index (χ1) is 13.8. The molecule has 7 nitrogen and oxygen atoms in total. The third-order valence-electron chi connectivity index (χ3n) is 4.46. The van der Waals surface area contributed by atoms with Gasteiger partial charge in [0.25, 0.3) is 5.91 Å². The molecule has 0 aliphatic heterocycles. The normalized spacial score (nSPS) is 13.8. The summed E-state index contributed by atoms with van der Waals surface area (Å²) in [5, 5.41) is 0. The molecule has 2 aromatic rings. The van der Waals surface area contributed by atoms with Crippen LogP contribution in [0.4, 0.5) is 0 Å². The molecule has 0 unspecified atom stereocenters. The number of rotatable bonds is 9. The number of sulfonamides is 1. The summed E-state index contributed by atoms with van der Waals surface area (Å²) in [5.41, 5.74) is 0.271. The first-order valence-corrected chi connectivity index (χ1v) is 11.4. The van der Waals surface area contributed by atoms with Crippen LogP contribution < -0.4 is 14.2 Å². The standard InChI is InChI=1S/C20H23BrN2O5S/c1-23(11-12-28-17-8-4-15(21)5-9-17)20(24)14-3-10-18(27-2)19(13-14)29(25,26)22-16-6-7-16/h3-5,8-10,13,16,22H,6-7,11-12H2,1-2H3. The number of benzene rings is 2. The number of nitrogens with one attached hydrogen (secondary N) is 1. The summed E-state index contributed by atoms with van der Waals surface area (Å²) in [4.78, 5) is 14.2. The van der Waals surface area contributed by atoms with E-state index in [9.17, 15) is 13.2 Å². The van der Waals surface area contributed by atoms with E-state index in [4.69, 9.17) is 9.47 Å². The van der Waals surface area contributed by atoms with Crippen molar-refractivity contribution in [2.75, 3.05) is 27.3 Å². The lowest BCUT2D eigenvalue weighted by Gasteiger charge is -2.19. The van der Waals surface area contributed by atoms with Gasteiger partial charge in [-0.15, -0.1) is 0 Å². The molecule has 1 saturated carbocycles. The van der Waals surface area contributed by atoms with Crippen LogP contribution in [0, 0.1) is 0 Å². The lowest BCUT2D eigenvalue weighted by Crippen LogP contribution is -2.31. The van der Waals surface area contributed by atoms with Gasteiger partial charge in [-0.25, -0.2) is 13.1 Å². The summed E-state index contributed by atoms with van der Waals surface area (Å²) in [6, 6.07) is 11.8. The van der Waals surface area contributed by atoms with Crippen LogP contribution in [0.2, 0.25) is 0 Å². The number of likely N-dealkylation sites (N-methyl/N-ethyl adjacent to an activating group) is 1. The van der Waals surface area contributed by atoms with Crippen molar-refractivity contribution < 1.29 is 22.7 Å². The summed E-state index contributed by atoms with van der Waals surface area (Å²) >= 11 is 3.36. The smallest absolute Gasteiger partial charge is 0.253 e. The van der Waals surface area contributed by atoms with E-state index in [1.54, 1.807) is 13.1 Å². The molecule has 1 N–H and O–H groups in total. The highest BCUT2D eigenvalue weighted by molar-refractivity contribution is 9.10. The Morgan fingerprint density at radius 3 is 2.52 bits per heavy atom. The lowest BCUT2D eigenvalue weighted by atomic mass is 10.2. The van der Waals surface area contributed by atoms with Crippen molar-refractivity contribution in [2.24, 2.45) is 0 Å². The maximum atomic E-state index is 12.8. The average Bonchev–Trinajstić information content (AvgIpc) is 3.51. The highest BCUT2D eigenvalue weighted by Crippen LogP contribution is 2.28. The van der Waals surface area contributed by atoms with Crippen LogP contribution in [-0.4, -0.2) is 52.6 Å². The van der Waals surface area contributed by atoms with Gasteiger partial charge in [0.1, 0.15) is 23.0 Å². The second-order valence-corrected chi connectivity index (χ2v) is 9.39. The summed E-state index contributed by atoms with van der Waals surface area (Å²) in [5.74, 6) is 0.615. The molecule has 9 heteroatoms. The van der Waals surface area contributed by atoms with E-state index in [-0.39, 0.29) is 28.2 Å². The molecule has 0 heterocycles. The van der Waals surface area contributed by atoms with Crippen molar-refractivity contribution >= 4 is 31.9 Å². The number of carbonyl (C=O) groups is 1. The Morgan fingerprint density at radius 2 is 1.90 bits per heavy atom. The van der Waals surface area contributed by atoms with E-state index in [0.29, 0.717) is 18.9 Å². The van der Waals surface area contributed by atoms with E-state index >= 15 is 0 Å². The Hall–Kier alpha value is -2.10. The predicted octanol–water partition coefficient (Wildman–Crippen LogP) is 3.05. The number of nitrogens with zero attached hydrogens (tertiary/aromatic N) is 1. The number of methoxy groups -OCH3 is 1. The monoisotopic (exact) mass is 482 g/mol. The lowest BCUT2D eigenvalue weighted by molar-refractivity contribution is 0.0773. The fourth-order valence-electron chi connectivity index (χ4n) is 2.66. The highest BCUT2D eigenvalue weighted by atomic mass is 79.9. The minimum atomic E-state index is -3.75. The quantitative estimate of drug-likeness (QED) is 0.593. The minimum absolute atomic E-state index is 0.0303. The van der Waals surface area contributed by atoms with E-state index in [1.807, 2.05) is 24.3 Å². The Bertz CT molecular complexity index is 975. The first kappa shape index (κ1) is 21.6. The molecule has 0 saturated heterocycles. The number of hydrogen-bond acceptors (Lipinski definition) is 5. The van der Waals surface area contributed by atoms with Crippen molar-refractivity contribution in [3.8, 4) is 11.5 Å². The number of ether oxygens (including phenoxy) is 2.